The van der Waals surface area contributed by atoms with Crippen molar-refractivity contribution in [3.05, 3.63) is 11.4 Å². The third-order valence-electron chi connectivity index (χ3n) is 3.44. The first kappa shape index (κ1) is 15.8. The molecule has 0 saturated carbocycles. The molecule has 2 heterocycles. The lowest BCUT2D eigenvalue weighted by Gasteiger charge is -2.36. The summed E-state index contributed by atoms with van der Waals surface area (Å²) >= 11 is 0. The summed E-state index contributed by atoms with van der Waals surface area (Å²) in [4.78, 5) is 11.9. The Kier molecular flexibility index (Phi) is 4.52. The number of halogens is 3. The molecule has 0 bridgehead atoms. The van der Waals surface area contributed by atoms with E-state index in [1.54, 1.807) is 6.92 Å². The van der Waals surface area contributed by atoms with E-state index < -0.39 is 12.7 Å². The lowest BCUT2D eigenvalue weighted by molar-refractivity contribution is -0.146. The number of aryl methyl sites for hydroxylation is 1. The largest absolute Gasteiger partial charge is 0.401 e. The summed E-state index contributed by atoms with van der Waals surface area (Å²) < 4.78 is 37.1. The molecule has 9 heteroatoms. The van der Waals surface area contributed by atoms with Crippen LogP contribution in [0.4, 0.5) is 24.8 Å². The molecule has 118 valence electrons. The summed E-state index contributed by atoms with van der Waals surface area (Å²) in [5.41, 5.74) is 3.32. The second-order valence-electron chi connectivity index (χ2n) is 5.09. The highest BCUT2D eigenvalue weighted by molar-refractivity contribution is 5.58. The number of nitrogens with zero attached hydrogens (tertiary/aromatic N) is 4. The van der Waals surface area contributed by atoms with Crippen LogP contribution in [0, 0.1) is 13.8 Å². The third-order valence-corrected chi connectivity index (χ3v) is 3.44. The van der Waals surface area contributed by atoms with Crippen LogP contribution in [0.2, 0.25) is 0 Å². The number of piperazine rings is 1. The first-order chi connectivity index (χ1) is 9.80. The Morgan fingerprint density at radius 1 is 1.14 bits per heavy atom. The molecule has 6 nitrogen and oxygen atoms in total. The zero-order valence-electron chi connectivity index (χ0n) is 12.0. The zero-order valence-corrected chi connectivity index (χ0v) is 12.0. The average Bonchev–Trinajstić information content (AvgIpc) is 2.40. The van der Waals surface area contributed by atoms with E-state index in [9.17, 15) is 13.2 Å². The molecule has 1 aliphatic rings. The fraction of sp³-hybridized carbons (Fsp3) is 0.667. The van der Waals surface area contributed by atoms with E-state index in [0.29, 0.717) is 37.8 Å². The molecule has 0 unspecified atom stereocenters. The maximum Gasteiger partial charge on any atom is 0.401 e. The molecule has 1 aromatic heterocycles. The van der Waals surface area contributed by atoms with Crippen LogP contribution < -0.4 is 16.2 Å². The van der Waals surface area contributed by atoms with Crippen LogP contribution in [0.1, 0.15) is 11.4 Å². The molecule has 0 spiro atoms. The average molecular weight is 304 g/mol. The monoisotopic (exact) mass is 304 g/mol. The second-order valence-corrected chi connectivity index (χ2v) is 5.09. The predicted molar refractivity (Wildman–Crippen MR) is 74.0 cm³/mol. The molecule has 21 heavy (non-hydrogen) atoms. The fourth-order valence-electron chi connectivity index (χ4n) is 2.43. The van der Waals surface area contributed by atoms with E-state index in [1.807, 2.05) is 11.8 Å². The number of hydrogen-bond donors (Lipinski definition) is 2. The molecule has 1 aliphatic heterocycles. The third kappa shape index (κ3) is 3.94. The molecule has 1 fully saturated rings. The topological polar surface area (TPSA) is 70.3 Å². The number of anilines is 2. The van der Waals surface area contributed by atoms with Gasteiger partial charge < -0.3 is 10.3 Å². The summed E-state index contributed by atoms with van der Waals surface area (Å²) in [6, 6.07) is 0. The number of nitrogens with one attached hydrogen (secondary N) is 1. The van der Waals surface area contributed by atoms with Crippen molar-refractivity contribution in [2.75, 3.05) is 43.0 Å². The first-order valence-electron chi connectivity index (χ1n) is 6.66. The maximum atomic E-state index is 12.4. The minimum absolute atomic E-state index is 0.355. The number of hydrazine groups is 1. The van der Waals surface area contributed by atoms with Crippen LogP contribution in [0.5, 0.6) is 0 Å². The number of rotatable bonds is 3. The number of alkyl halides is 3. The van der Waals surface area contributed by atoms with E-state index in [4.69, 9.17) is 5.84 Å². The van der Waals surface area contributed by atoms with Gasteiger partial charge in [-0.1, -0.05) is 0 Å². The van der Waals surface area contributed by atoms with E-state index in [-0.39, 0.29) is 0 Å². The molecule has 0 amide bonds. The second kappa shape index (κ2) is 6.02. The highest BCUT2D eigenvalue weighted by Gasteiger charge is 2.32. The van der Waals surface area contributed by atoms with Gasteiger partial charge in [0.05, 0.1) is 6.54 Å². The fourth-order valence-corrected chi connectivity index (χ4v) is 2.43. The van der Waals surface area contributed by atoms with Gasteiger partial charge in [-0.05, 0) is 13.8 Å². The molecule has 1 aromatic rings. The van der Waals surface area contributed by atoms with Crippen molar-refractivity contribution in [3.8, 4) is 0 Å². The van der Waals surface area contributed by atoms with Gasteiger partial charge in [-0.3, -0.25) is 4.90 Å². The van der Waals surface area contributed by atoms with Crippen LogP contribution in [0.15, 0.2) is 0 Å². The molecule has 0 aliphatic carbocycles. The van der Waals surface area contributed by atoms with Gasteiger partial charge in [0.25, 0.3) is 0 Å². The van der Waals surface area contributed by atoms with Gasteiger partial charge in [0.15, 0.2) is 0 Å². The van der Waals surface area contributed by atoms with Crippen LogP contribution in [-0.4, -0.2) is 53.8 Å². The first-order valence-corrected chi connectivity index (χ1v) is 6.66. The van der Waals surface area contributed by atoms with Crippen LogP contribution >= 0.6 is 0 Å². The zero-order chi connectivity index (χ0) is 15.6. The SMILES string of the molecule is Cc1nc(NN)c(C)c(N2CCN(CC(F)(F)F)CC2)n1. The number of nitrogen functional groups attached to an aromatic ring is 1. The van der Waals surface area contributed by atoms with Gasteiger partial charge in [-0.25, -0.2) is 15.8 Å². The van der Waals surface area contributed by atoms with Crippen molar-refractivity contribution >= 4 is 11.6 Å². The van der Waals surface area contributed by atoms with Gasteiger partial charge in [0, 0.05) is 31.7 Å². The van der Waals surface area contributed by atoms with Gasteiger partial charge in [-0.2, -0.15) is 13.2 Å². The van der Waals surface area contributed by atoms with Crippen molar-refractivity contribution in [1.82, 2.24) is 14.9 Å². The Balaban J connectivity index is 2.07. The molecule has 1 saturated heterocycles. The van der Waals surface area contributed by atoms with E-state index in [1.165, 1.54) is 4.90 Å². The molecule has 0 aromatic carbocycles. The van der Waals surface area contributed by atoms with Crippen molar-refractivity contribution in [2.24, 2.45) is 5.84 Å². The summed E-state index contributed by atoms with van der Waals surface area (Å²) in [6.07, 6.45) is -4.15. The minimum atomic E-state index is -4.15. The Morgan fingerprint density at radius 2 is 1.76 bits per heavy atom. The Morgan fingerprint density at radius 3 is 2.29 bits per heavy atom. The Labute approximate surface area is 121 Å². The maximum absolute atomic E-state index is 12.4. The molecule has 2 rings (SSSR count). The lowest BCUT2D eigenvalue weighted by Crippen LogP contribution is -2.49. The quantitative estimate of drug-likeness (QED) is 0.643. The minimum Gasteiger partial charge on any atom is -0.354 e. The van der Waals surface area contributed by atoms with Gasteiger partial charge in [0.2, 0.25) is 0 Å². The van der Waals surface area contributed by atoms with Crippen LogP contribution in [0.3, 0.4) is 0 Å². The highest BCUT2D eigenvalue weighted by Crippen LogP contribution is 2.25. The van der Waals surface area contributed by atoms with Crippen molar-refractivity contribution < 1.29 is 13.2 Å². The van der Waals surface area contributed by atoms with E-state index in [0.717, 1.165) is 11.4 Å². The predicted octanol–water partition coefficient (Wildman–Crippen LogP) is 1.06. The van der Waals surface area contributed by atoms with Gasteiger partial charge in [-0.15, -0.1) is 0 Å². The molecular formula is C12H19F3N6. The van der Waals surface area contributed by atoms with Crippen LogP contribution in [0.25, 0.3) is 0 Å². The summed E-state index contributed by atoms with van der Waals surface area (Å²) in [5.74, 6) is 7.25. The van der Waals surface area contributed by atoms with Gasteiger partial charge in [0.1, 0.15) is 17.5 Å². The molecule has 3 N–H and O–H groups in total. The lowest BCUT2D eigenvalue weighted by atomic mass is 10.2. The van der Waals surface area contributed by atoms with Crippen molar-refractivity contribution in [1.29, 1.82) is 0 Å². The molecule has 0 atom stereocenters. The molecule has 0 radical (unpaired) electrons. The smallest absolute Gasteiger partial charge is 0.354 e. The van der Waals surface area contributed by atoms with Crippen molar-refractivity contribution in [3.63, 3.8) is 0 Å². The number of hydrogen-bond acceptors (Lipinski definition) is 6. The normalized spacial score (nSPS) is 17.1. The number of aromatic nitrogens is 2. The molecular weight excluding hydrogens is 285 g/mol. The Hall–Kier alpha value is -1.61. The Bertz CT molecular complexity index is 497. The summed E-state index contributed by atoms with van der Waals surface area (Å²) in [5, 5.41) is 0. The summed E-state index contributed by atoms with van der Waals surface area (Å²) in [7, 11) is 0. The van der Waals surface area contributed by atoms with Crippen molar-refractivity contribution in [2.45, 2.75) is 20.0 Å². The van der Waals surface area contributed by atoms with E-state index >= 15 is 0 Å². The van der Waals surface area contributed by atoms with Crippen LogP contribution in [-0.2, 0) is 0 Å². The van der Waals surface area contributed by atoms with Gasteiger partial charge >= 0.3 is 6.18 Å². The number of nitrogens with two attached hydrogens (primary N) is 1. The highest BCUT2D eigenvalue weighted by atomic mass is 19.4. The van der Waals surface area contributed by atoms with E-state index in [2.05, 4.69) is 15.4 Å². The standard InChI is InChI=1S/C12H19F3N6/c1-8-10(19-16)17-9(2)18-11(8)21-5-3-20(4-6-21)7-12(13,14)15/h3-7,16H2,1-2H3,(H,17,18,19). The summed E-state index contributed by atoms with van der Waals surface area (Å²) in [6.45, 7) is 4.43.